The van der Waals surface area contributed by atoms with Crippen molar-refractivity contribution in [2.24, 2.45) is 0 Å². The van der Waals surface area contributed by atoms with E-state index in [2.05, 4.69) is 5.32 Å². The Labute approximate surface area is 198 Å². The van der Waals surface area contributed by atoms with Gasteiger partial charge in [-0.15, -0.1) is 0 Å². The number of rotatable bonds is 10. The number of carbonyl (C=O) groups excluding carboxylic acids is 4. The first kappa shape index (κ1) is 24.9. The third-order valence-corrected chi connectivity index (χ3v) is 5.35. The second-order valence-corrected chi connectivity index (χ2v) is 8.26. The van der Waals surface area contributed by atoms with E-state index >= 15 is 0 Å². The molecule has 9 nitrogen and oxygen atoms in total. The van der Waals surface area contributed by atoms with Crippen LogP contribution >= 0.6 is 0 Å². The van der Waals surface area contributed by atoms with Gasteiger partial charge in [0.2, 0.25) is 5.91 Å². The van der Waals surface area contributed by atoms with Crippen molar-refractivity contribution in [3.63, 3.8) is 0 Å². The van der Waals surface area contributed by atoms with Crippen LogP contribution in [0.1, 0.15) is 52.6 Å². The Morgan fingerprint density at radius 3 is 2.44 bits per heavy atom. The smallest absolute Gasteiger partial charge is 0.264 e. The molecule has 180 valence electrons. The number of anilines is 1. The fraction of sp³-hybridized carbons (Fsp3) is 0.360. The summed E-state index contributed by atoms with van der Waals surface area (Å²) in [5.74, 6) is -0.641. The van der Waals surface area contributed by atoms with Crippen LogP contribution in [0.2, 0.25) is 0 Å². The number of Topliss-reactive ketones (excluding diaryl/α,β-unsaturated/α-hetero) is 1. The van der Waals surface area contributed by atoms with Crippen molar-refractivity contribution in [2.75, 3.05) is 39.7 Å². The monoisotopic (exact) mass is 467 g/mol. The van der Waals surface area contributed by atoms with Gasteiger partial charge >= 0.3 is 0 Å². The molecule has 0 bridgehead atoms. The summed E-state index contributed by atoms with van der Waals surface area (Å²) in [6.07, 6.45) is -0.0638. The Bertz CT molecular complexity index is 1130. The molecular formula is C25H29N3O6. The number of ketones is 1. The summed E-state index contributed by atoms with van der Waals surface area (Å²) in [7, 11) is 5.02. The molecule has 3 rings (SSSR count). The maximum absolute atomic E-state index is 13.5. The molecule has 9 heteroatoms. The fourth-order valence-electron chi connectivity index (χ4n) is 3.97. The first-order chi connectivity index (χ1) is 16.2. The second-order valence-electron chi connectivity index (χ2n) is 8.26. The Morgan fingerprint density at radius 2 is 1.82 bits per heavy atom. The van der Waals surface area contributed by atoms with Crippen LogP contribution in [0.25, 0.3) is 0 Å². The van der Waals surface area contributed by atoms with Gasteiger partial charge in [0, 0.05) is 6.42 Å². The molecule has 0 fully saturated rings. The largest absolute Gasteiger partial charge is 0.493 e. The van der Waals surface area contributed by atoms with Gasteiger partial charge in [0.05, 0.1) is 43.1 Å². The summed E-state index contributed by atoms with van der Waals surface area (Å²) < 4.78 is 11.0. The lowest BCUT2D eigenvalue weighted by Crippen LogP contribution is -2.35. The van der Waals surface area contributed by atoms with Crippen LogP contribution in [0.3, 0.4) is 0 Å². The van der Waals surface area contributed by atoms with Gasteiger partial charge in [-0.25, -0.2) is 0 Å². The molecule has 1 heterocycles. The van der Waals surface area contributed by atoms with Crippen molar-refractivity contribution >= 4 is 29.2 Å². The van der Waals surface area contributed by atoms with Crippen LogP contribution in [0, 0.1) is 0 Å². The van der Waals surface area contributed by atoms with Crippen LogP contribution in [0.15, 0.2) is 36.4 Å². The van der Waals surface area contributed by atoms with E-state index in [0.717, 1.165) is 4.90 Å². The van der Waals surface area contributed by atoms with E-state index in [1.54, 1.807) is 55.4 Å². The van der Waals surface area contributed by atoms with E-state index in [1.807, 2.05) is 6.92 Å². The van der Waals surface area contributed by atoms with Gasteiger partial charge in [-0.05, 0) is 57.8 Å². The molecule has 0 saturated heterocycles. The molecule has 3 amide bonds. The molecule has 0 saturated carbocycles. The van der Waals surface area contributed by atoms with E-state index in [-0.39, 0.29) is 41.5 Å². The lowest BCUT2D eigenvalue weighted by molar-refractivity contribution is -0.118. The molecule has 0 unspecified atom stereocenters. The molecule has 1 aliphatic heterocycles. The summed E-state index contributed by atoms with van der Waals surface area (Å²) in [6, 6.07) is 8.96. The quantitative estimate of drug-likeness (QED) is 0.536. The second kappa shape index (κ2) is 10.5. The molecule has 34 heavy (non-hydrogen) atoms. The number of nitrogens with zero attached hydrogens (tertiary/aromatic N) is 2. The first-order valence-corrected chi connectivity index (χ1v) is 10.9. The highest BCUT2D eigenvalue weighted by atomic mass is 16.5. The zero-order valence-electron chi connectivity index (χ0n) is 20.0. The minimum Gasteiger partial charge on any atom is -0.493 e. The topological polar surface area (TPSA) is 105 Å². The van der Waals surface area contributed by atoms with Crippen molar-refractivity contribution < 1.29 is 28.7 Å². The molecule has 0 aliphatic carbocycles. The number of amides is 3. The summed E-state index contributed by atoms with van der Waals surface area (Å²) in [5, 5.41) is 2.72. The summed E-state index contributed by atoms with van der Waals surface area (Å²) in [5.41, 5.74) is 1.12. The van der Waals surface area contributed by atoms with Crippen molar-refractivity contribution in [1.82, 2.24) is 9.80 Å². The highest BCUT2D eigenvalue weighted by molar-refractivity contribution is 6.24. The number of ether oxygens (including phenoxy) is 2. The van der Waals surface area contributed by atoms with Gasteiger partial charge in [0.25, 0.3) is 11.8 Å². The van der Waals surface area contributed by atoms with Crippen molar-refractivity contribution in [3.8, 4) is 11.5 Å². The molecule has 1 aliphatic rings. The van der Waals surface area contributed by atoms with E-state index in [4.69, 9.17) is 9.47 Å². The average Bonchev–Trinajstić information content (AvgIpc) is 3.02. The summed E-state index contributed by atoms with van der Waals surface area (Å²) in [6.45, 7) is 3.75. The molecule has 2 aromatic carbocycles. The van der Waals surface area contributed by atoms with Crippen molar-refractivity contribution in [3.05, 3.63) is 53.1 Å². The van der Waals surface area contributed by atoms with Gasteiger partial charge in [-0.1, -0.05) is 12.1 Å². The Morgan fingerprint density at radius 1 is 1.09 bits per heavy atom. The predicted octanol–water partition coefficient (Wildman–Crippen LogP) is 2.91. The normalized spacial score (nSPS) is 13.6. The Balaban J connectivity index is 2.03. The average molecular weight is 468 g/mol. The van der Waals surface area contributed by atoms with E-state index in [9.17, 15) is 19.2 Å². The highest BCUT2D eigenvalue weighted by Gasteiger charge is 2.42. The van der Waals surface area contributed by atoms with E-state index in [0.29, 0.717) is 23.7 Å². The lowest BCUT2D eigenvalue weighted by atomic mass is 9.99. The molecule has 2 aromatic rings. The minimum atomic E-state index is -0.847. The number of carbonyl (C=O) groups is 4. The fourth-order valence-corrected chi connectivity index (χ4v) is 3.97. The number of benzene rings is 2. The number of hydrogen-bond acceptors (Lipinski definition) is 7. The maximum Gasteiger partial charge on any atom is 0.264 e. The van der Waals surface area contributed by atoms with Crippen LogP contribution in [0.5, 0.6) is 11.5 Å². The molecule has 0 spiro atoms. The van der Waals surface area contributed by atoms with Gasteiger partial charge in [-0.2, -0.15) is 0 Å². The SMILES string of the molecule is CCOc1cc([C@@H](CC(C)=O)N2C(=O)c3cccc(NC(=O)CN(C)C)c3C2=O)ccc1OC. The van der Waals surface area contributed by atoms with Crippen molar-refractivity contribution in [1.29, 1.82) is 0 Å². The Kier molecular flexibility index (Phi) is 7.68. The first-order valence-electron chi connectivity index (χ1n) is 10.9. The summed E-state index contributed by atoms with van der Waals surface area (Å²) >= 11 is 0. The zero-order valence-corrected chi connectivity index (χ0v) is 20.0. The maximum atomic E-state index is 13.5. The third-order valence-electron chi connectivity index (χ3n) is 5.35. The predicted molar refractivity (Wildman–Crippen MR) is 126 cm³/mol. The Hall–Kier alpha value is -3.72. The number of hydrogen-bond donors (Lipinski definition) is 1. The number of fused-ring (bicyclic) bond motifs is 1. The van der Waals surface area contributed by atoms with E-state index in [1.165, 1.54) is 14.0 Å². The van der Waals surface area contributed by atoms with Crippen LogP contribution in [0.4, 0.5) is 5.69 Å². The molecule has 1 atom stereocenters. The van der Waals surface area contributed by atoms with Crippen LogP contribution in [-0.4, -0.2) is 67.7 Å². The number of likely N-dealkylation sites (N-methyl/N-ethyl adjacent to an activating group) is 1. The van der Waals surface area contributed by atoms with E-state index < -0.39 is 17.9 Å². The lowest BCUT2D eigenvalue weighted by Gasteiger charge is -2.26. The standard InChI is InChI=1S/C25H29N3O6/c1-6-34-21-13-16(10-11-20(21)33-5)19(12-15(2)29)28-24(31)17-8-7-9-18(23(17)25(28)32)26-22(30)14-27(3)4/h7-11,13,19H,6,12,14H2,1-5H3,(H,26,30)/t19-/m1/s1. The minimum absolute atomic E-state index is 0.0638. The molecule has 0 radical (unpaired) electrons. The molecular weight excluding hydrogens is 438 g/mol. The van der Waals surface area contributed by atoms with Gasteiger partial charge in [-0.3, -0.25) is 24.1 Å². The zero-order chi connectivity index (χ0) is 25.0. The summed E-state index contributed by atoms with van der Waals surface area (Å²) in [4.78, 5) is 54.2. The number of nitrogens with one attached hydrogen (secondary N) is 1. The van der Waals surface area contributed by atoms with Gasteiger partial charge in [0.1, 0.15) is 5.78 Å². The number of methoxy groups -OCH3 is 1. The van der Waals surface area contributed by atoms with Gasteiger partial charge in [0.15, 0.2) is 11.5 Å². The van der Waals surface area contributed by atoms with Crippen LogP contribution in [-0.2, 0) is 9.59 Å². The third kappa shape index (κ3) is 5.09. The van der Waals surface area contributed by atoms with Crippen molar-refractivity contribution in [2.45, 2.75) is 26.3 Å². The van der Waals surface area contributed by atoms with Gasteiger partial charge < -0.3 is 19.7 Å². The molecule has 0 aromatic heterocycles. The number of imide groups is 1. The van der Waals surface area contributed by atoms with Crippen LogP contribution < -0.4 is 14.8 Å². The molecule has 1 N–H and O–H groups in total. The highest BCUT2D eigenvalue weighted by Crippen LogP contribution is 2.39.